The van der Waals surface area contributed by atoms with Crippen molar-refractivity contribution in [3.8, 4) is 11.8 Å². The molecule has 0 aliphatic rings. The fraction of sp³-hybridized carbons (Fsp3) is 0.438. The van der Waals surface area contributed by atoms with Gasteiger partial charge in [0.1, 0.15) is 6.61 Å². The highest BCUT2D eigenvalue weighted by Gasteiger charge is 2.11. The third-order valence-corrected chi connectivity index (χ3v) is 2.81. The summed E-state index contributed by atoms with van der Waals surface area (Å²) in [6, 6.07) is 5.47. The normalized spacial score (nSPS) is 11.7. The summed E-state index contributed by atoms with van der Waals surface area (Å²) < 4.78 is 0. The van der Waals surface area contributed by atoms with Crippen LogP contribution in [0.3, 0.4) is 0 Å². The van der Waals surface area contributed by atoms with Gasteiger partial charge >= 0.3 is 0 Å². The summed E-state index contributed by atoms with van der Waals surface area (Å²) in [5.41, 5.74) is 2.39. The lowest BCUT2D eigenvalue weighted by Gasteiger charge is -2.18. The molecule has 0 bridgehead atoms. The molecule has 4 nitrogen and oxygen atoms in total. The molecule has 0 heterocycles. The van der Waals surface area contributed by atoms with E-state index in [0.717, 1.165) is 17.7 Å². The molecule has 0 spiro atoms. The maximum atomic E-state index is 12.1. The van der Waals surface area contributed by atoms with Crippen LogP contribution in [0.4, 0.5) is 0 Å². The minimum atomic E-state index is -0.163. The van der Waals surface area contributed by atoms with Crippen molar-refractivity contribution in [3.05, 3.63) is 34.9 Å². The van der Waals surface area contributed by atoms with E-state index in [9.17, 15) is 4.79 Å². The zero-order valence-electron chi connectivity index (χ0n) is 12.5. The molecule has 0 saturated heterocycles. The number of rotatable bonds is 4. The summed E-state index contributed by atoms with van der Waals surface area (Å²) in [6.07, 6.45) is 0. The van der Waals surface area contributed by atoms with Crippen molar-refractivity contribution in [2.24, 2.45) is 0 Å². The topological polar surface area (TPSA) is 52.6 Å². The number of likely N-dealkylation sites (N-methyl/N-ethyl adjacent to an activating group) is 1. The predicted octanol–water partition coefficient (Wildman–Crippen LogP) is 1.02. The highest BCUT2D eigenvalue weighted by molar-refractivity contribution is 5.94. The van der Waals surface area contributed by atoms with Gasteiger partial charge in [-0.1, -0.05) is 11.8 Å². The van der Waals surface area contributed by atoms with Gasteiger partial charge in [0.15, 0.2) is 0 Å². The molecule has 20 heavy (non-hydrogen) atoms. The molecule has 1 rings (SSSR count). The Labute approximate surface area is 120 Å². The molecule has 1 amide bonds. The molecule has 0 aliphatic carbocycles. The van der Waals surface area contributed by atoms with Crippen molar-refractivity contribution in [1.29, 1.82) is 0 Å². The zero-order valence-corrected chi connectivity index (χ0v) is 12.5. The predicted molar refractivity (Wildman–Crippen MR) is 80.6 cm³/mol. The van der Waals surface area contributed by atoms with Gasteiger partial charge in [-0.15, -0.1) is 0 Å². The molecule has 0 radical (unpaired) electrons. The van der Waals surface area contributed by atoms with Crippen molar-refractivity contribution < 1.29 is 9.90 Å². The molecule has 0 aliphatic heterocycles. The number of aryl methyl sites for hydroxylation is 1. The van der Waals surface area contributed by atoms with E-state index in [1.165, 1.54) is 0 Å². The van der Waals surface area contributed by atoms with Gasteiger partial charge < -0.3 is 15.3 Å². The molecule has 1 aromatic rings. The fourth-order valence-electron chi connectivity index (χ4n) is 1.98. The molecule has 1 atom stereocenters. The smallest absolute Gasteiger partial charge is 0.251 e. The molecular formula is C16H22N2O2. The van der Waals surface area contributed by atoms with Gasteiger partial charge in [0.05, 0.1) is 0 Å². The minimum absolute atomic E-state index is 0.0795. The van der Waals surface area contributed by atoms with Gasteiger partial charge in [0.25, 0.3) is 5.91 Å². The largest absolute Gasteiger partial charge is 0.384 e. The van der Waals surface area contributed by atoms with Crippen LogP contribution in [0.5, 0.6) is 0 Å². The number of carbonyl (C=O) groups excluding carboxylic acids is 1. The maximum absolute atomic E-state index is 12.1. The van der Waals surface area contributed by atoms with Crippen LogP contribution >= 0.6 is 0 Å². The van der Waals surface area contributed by atoms with Gasteiger partial charge in [0.2, 0.25) is 0 Å². The second-order valence-corrected chi connectivity index (χ2v) is 5.13. The zero-order chi connectivity index (χ0) is 15.1. The summed E-state index contributed by atoms with van der Waals surface area (Å²) in [6.45, 7) is 4.52. The molecule has 0 fully saturated rings. The van der Waals surface area contributed by atoms with Crippen molar-refractivity contribution >= 4 is 5.91 Å². The quantitative estimate of drug-likeness (QED) is 0.806. The monoisotopic (exact) mass is 274 g/mol. The lowest BCUT2D eigenvalue weighted by molar-refractivity contribution is 0.0934. The first-order valence-corrected chi connectivity index (χ1v) is 6.60. The SMILES string of the molecule is Cc1cc(C(=O)NC(C)CN(C)C)ccc1C#CCO. The molecule has 0 saturated carbocycles. The Kier molecular flexibility index (Phi) is 6.23. The van der Waals surface area contributed by atoms with E-state index < -0.39 is 0 Å². The number of hydrogen-bond donors (Lipinski definition) is 2. The van der Waals surface area contributed by atoms with Crippen LogP contribution in [0.25, 0.3) is 0 Å². The summed E-state index contributed by atoms with van der Waals surface area (Å²) >= 11 is 0. The third kappa shape index (κ3) is 5.04. The van der Waals surface area contributed by atoms with Gasteiger partial charge in [-0.2, -0.15) is 0 Å². The third-order valence-electron chi connectivity index (χ3n) is 2.81. The summed E-state index contributed by atoms with van der Waals surface area (Å²) in [5, 5.41) is 11.7. The van der Waals surface area contributed by atoms with E-state index in [1.54, 1.807) is 6.07 Å². The standard InChI is InChI=1S/C16H22N2O2/c1-12-10-15(8-7-14(12)6-5-9-19)16(20)17-13(2)11-18(3)4/h7-8,10,13,19H,9,11H2,1-4H3,(H,17,20). The highest BCUT2D eigenvalue weighted by Crippen LogP contribution is 2.10. The number of amides is 1. The maximum Gasteiger partial charge on any atom is 0.251 e. The van der Waals surface area contributed by atoms with Crippen LogP contribution in [0, 0.1) is 18.8 Å². The Morgan fingerprint density at radius 3 is 2.70 bits per heavy atom. The van der Waals surface area contributed by atoms with Gasteiger partial charge in [0, 0.05) is 23.7 Å². The Morgan fingerprint density at radius 1 is 1.45 bits per heavy atom. The van der Waals surface area contributed by atoms with E-state index in [4.69, 9.17) is 5.11 Å². The van der Waals surface area contributed by atoms with Gasteiger partial charge in [-0.05, 0) is 51.7 Å². The second kappa shape index (κ2) is 7.68. The van der Waals surface area contributed by atoms with Gasteiger partial charge in [-0.25, -0.2) is 0 Å². The van der Waals surface area contributed by atoms with Crippen molar-refractivity contribution in [3.63, 3.8) is 0 Å². The molecular weight excluding hydrogens is 252 g/mol. The fourth-order valence-corrected chi connectivity index (χ4v) is 1.98. The first kappa shape index (κ1) is 16.2. The van der Waals surface area contributed by atoms with E-state index >= 15 is 0 Å². The highest BCUT2D eigenvalue weighted by atomic mass is 16.2. The lowest BCUT2D eigenvalue weighted by Crippen LogP contribution is -2.39. The molecule has 0 aromatic heterocycles. The van der Waals surface area contributed by atoms with Crippen molar-refractivity contribution in [1.82, 2.24) is 10.2 Å². The number of hydrogen-bond acceptors (Lipinski definition) is 3. The Balaban J connectivity index is 2.77. The number of nitrogens with one attached hydrogen (secondary N) is 1. The van der Waals surface area contributed by atoms with E-state index in [2.05, 4.69) is 17.2 Å². The number of aliphatic hydroxyl groups is 1. The number of aliphatic hydroxyl groups excluding tert-OH is 1. The Hall–Kier alpha value is -1.83. The molecule has 1 unspecified atom stereocenters. The lowest BCUT2D eigenvalue weighted by atomic mass is 10.0. The first-order chi connectivity index (χ1) is 9.43. The van der Waals surface area contributed by atoms with E-state index in [-0.39, 0.29) is 18.6 Å². The van der Waals surface area contributed by atoms with Crippen LogP contribution in [0.2, 0.25) is 0 Å². The number of benzene rings is 1. The molecule has 2 N–H and O–H groups in total. The van der Waals surface area contributed by atoms with E-state index in [1.807, 2.05) is 45.0 Å². The summed E-state index contributed by atoms with van der Waals surface area (Å²) in [4.78, 5) is 14.1. The Morgan fingerprint density at radius 2 is 2.15 bits per heavy atom. The van der Waals surface area contributed by atoms with Crippen LogP contribution < -0.4 is 5.32 Å². The van der Waals surface area contributed by atoms with Crippen LogP contribution in [0.1, 0.15) is 28.4 Å². The Bertz CT molecular complexity index is 527. The second-order valence-electron chi connectivity index (χ2n) is 5.13. The molecule has 1 aromatic carbocycles. The average Bonchev–Trinajstić information content (AvgIpc) is 2.36. The summed E-state index contributed by atoms with van der Waals surface area (Å²) in [5.74, 6) is 5.39. The summed E-state index contributed by atoms with van der Waals surface area (Å²) in [7, 11) is 3.95. The van der Waals surface area contributed by atoms with Crippen molar-refractivity contribution in [2.75, 3.05) is 27.2 Å². The number of carbonyl (C=O) groups is 1. The first-order valence-electron chi connectivity index (χ1n) is 6.60. The minimum Gasteiger partial charge on any atom is -0.384 e. The van der Waals surface area contributed by atoms with Gasteiger partial charge in [-0.3, -0.25) is 4.79 Å². The number of nitrogens with zero attached hydrogens (tertiary/aromatic N) is 1. The van der Waals surface area contributed by atoms with Crippen LogP contribution in [-0.2, 0) is 0 Å². The molecule has 4 heteroatoms. The average molecular weight is 274 g/mol. The van der Waals surface area contributed by atoms with E-state index in [0.29, 0.717) is 5.56 Å². The van der Waals surface area contributed by atoms with Crippen molar-refractivity contribution in [2.45, 2.75) is 19.9 Å². The van der Waals surface area contributed by atoms with Crippen LogP contribution in [-0.4, -0.2) is 49.2 Å². The molecule has 108 valence electrons. The van der Waals surface area contributed by atoms with Crippen LogP contribution in [0.15, 0.2) is 18.2 Å².